The molecule has 212 valence electrons. The normalized spacial score (nSPS) is 28.2. The molecule has 0 amide bonds. The lowest BCUT2D eigenvalue weighted by Gasteiger charge is -2.62. The lowest BCUT2D eigenvalue weighted by molar-refractivity contribution is -0.0521. The molecule has 0 saturated heterocycles. The minimum Gasteiger partial charge on any atom is -0.240 e. The van der Waals surface area contributed by atoms with Crippen LogP contribution in [0.3, 0.4) is 0 Å². The highest BCUT2D eigenvalue weighted by molar-refractivity contribution is 7.19. The monoisotopic (exact) mass is 604 g/mol. The molecular formula is C32H46N4P2Si2. The lowest BCUT2D eigenvalue weighted by Crippen LogP contribution is -2.60. The SMILES string of the molecule is C[Si](C)(C)c1cc(C(P)(c2ncccn2)c2ncccn2)c(C23CC4CC(CC(C4)C2CP)C3)cc1[Si](C)(C)C. The Morgan fingerprint density at radius 1 is 0.775 bits per heavy atom. The van der Waals surface area contributed by atoms with Gasteiger partial charge in [0, 0.05) is 24.8 Å². The maximum Gasteiger partial charge on any atom is 0.150 e. The third-order valence-electron chi connectivity index (χ3n) is 10.3. The van der Waals surface area contributed by atoms with Gasteiger partial charge in [-0.3, -0.25) is 0 Å². The first-order valence-electron chi connectivity index (χ1n) is 15.1. The van der Waals surface area contributed by atoms with Gasteiger partial charge in [-0.05, 0) is 90.6 Å². The van der Waals surface area contributed by atoms with Gasteiger partial charge in [0.2, 0.25) is 0 Å². The van der Waals surface area contributed by atoms with Crippen molar-refractivity contribution >= 4 is 45.0 Å². The summed E-state index contributed by atoms with van der Waals surface area (Å²) in [5, 5.41) is 2.54. The van der Waals surface area contributed by atoms with Crippen molar-refractivity contribution in [3.05, 3.63) is 71.8 Å². The second-order valence-electron chi connectivity index (χ2n) is 15.0. The number of nitrogens with zero attached hydrogens (tertiary/aromatic N) is 4. The molecule has 4 aliphatic rings. The first-order valence-corrected chi connectivity index (χ1v) is 23.5. The fourth-order valence-corrected chi connectivity index (χ4v) is 15.4. The first-order chi connectivity index (χ1) is 18.9. The van der Waals surface area contributed by atoms with Crippen LogP contribution in [0, 0.1) is 23.7 Å². The molecule has 0 N–H and O–H groups in total. The number of benzene rings is 1. The number of rotatable bonds is 7. The lowest BCUT2D eigenvalue weighted by atomic mass is 9.43. The van der Waals surface area contributed by atoms with E-state index in [2.05, 4.69) is 69.9 Å². The highest BCUT2D eigenvalue weighted by Crippen LogP contribution is 2.65. The molecule has 0 radical (unpaired) electrons. The van der Waals surface area contributed by atoms with Crippen molar-refractivity contribution in [1.82, 2.24) is 19.9 Å². The van der Waals surface area contributed by atoms with E-state index >= 15 is 0 Å². The standard InChI is InChI=1S/C32H46N4P2Si2/c1-39(2,3)27-16-24(31-18-21-13-22(19-31)15-23(14-21)26(31)20-37)25(17-28(27)40(4,5)6)32(38,29-33-9-7-10-34-29)30-35-11-8-12-36-30/h7-12,16-17,21-23,26H,13-15,18-20,37-38H2,1-6H3. The van der Waals surface area contributed by atoms with Crippen LogP contribution in [0.5, 0.6) is 0 Å². The van der Waals surface area contributed by atoms with E-state index in [1.54, 1.807) is 15.9 Å². The molecule has 5 unspecified atom stereocenters. The van der Waals surface area contributed by atoms with Crippen LogP contribution < -0.4 is 10.4 Å². The molecule has 0 spiro atoms. The molecule has 1 aromatic carbocycles. The van der Waals surface area contributed by atoms with E-state index < -0.39 is 21.3 Å². The second-order valence-corrected chi connectivity index (χ2v) is 26.4. The molecule has 2 aromatic heterocycles. The Kier molecular flexibility index (Phi) is 7.30. The highest BCUT2D eigenvalue weighted by Gasteiger charge is 2.59. The highest BCUT2D eigenvalue weighted by atomic mass is 31.0. The van der Waals surface area contributed by atoms with Gasteiger partial charge in [-0.15, -0.1) is 18.5 Å². The van der Waals surface area contributed by atoms with Crippen LogP contribution in [0.25, 0.3) is 0 Å². The molecule has 2 heterocycles. The van der Waals surface area contributed by atoms with Crippen LogP contribution in [0.15, 0.2) is 49.1 Å². The smallest absolute Gasteiger partial charge is 0.150 e. The first kappa shape index (κ1) is 28.8. The largest absolute Gasteiger partial charge is 0.240 e. The van der Waals surface area contributed by atoms with Crippen molar-refractivity contribution in [3.63, 3.8) is 0 Å². The van der Waals surface area contributed by atoms with Crippen LogP contribution in [-0.2, 0) is 10.6 Å². The fourth-order valence-electron chi connectivity index (χ4n) is 8.91. The third kappa shape index (κ3) is 4.60. The number of hydrogen-bond acceptors (Lipinski definition) is 4. The van der Waals surface area contributed by atoms with E-state index in [0.29, 0.717) is 5.92 Å². The Morgan fingerprint density at radius 3 is 1.70 bits per heavy atom. The third-order valence-corrected chi connectivity index (χ3v) is 16.0. The molecule has 3 aromatic rings. The second kappa shape index (κ2) is 10.1. The fraction of sp³-hybridized carbons (Fsp3) is 0.562. The van der Waals surface area contributed by atoms with E-state index in [9.17, 15) is 0 Å². The van der Waals surface area contributed by atoms with Gasteiger partial charge in [-0.25, -0.2) is 19.9 Å². The van der Waals surface area contributed by atoms with Crippen molar-refractivity contribution in [3.8, 4) is 0 Å². The topological polar surface area (TPSA) is 51.6 Å². The molecule has 40 heavy (non-hydrogen) atoms. The number of aromatic nitrogens is 4. The summed E-state index contributed by atoms with van der Waals surface area (Å²) in [4.78, 5) is 19.6. The Hall–Kier alpha value is -1.33. The summed E-state index contributed by atoms with van der Waals surface area (Å²) in [6.45, 7) is 15.1. The summed E-state index contributed by atoms with van der Waals surface area (Å²) in [6, 6.07) is 9.17. The molecule has 4 fully saturated rings. The zero-order valence-corrected chi connectivity index (χ0v) is 29.4. The Labute approximate surface area is 247 Å². The van der Waals surface area contributed by atoms with Crippen molar-refractivity contribution in [2.75, 3.05) is 6.16 Å². The maximum absolute atomic E-state index is 4.90. The van der Waals surface area contributed by atoms with Gasteiger partial charge in [-0.1, -0.05) is 61.8 Å². The van der Waals surface area contributed by atoms with Gasteiger partial charge < -0.3 is 0 Å². The average Bonchev–Trinajstić information content (AvgIpc) is 2.91. The van der Waals surface area contributed by atoms with Crippen molar-refractivity contribution in [2.24, 2.45) is 23.7 Å². The molecule has 7 rings (SSSR count). The van der Waals surface area contributed by atoms with Crippen molar-refractivity contribution in [2.45, 2.75) is 82.0 Å². The van der Waals surface area contributed by atoms with Crippen molar-refractivity contribution < 1.29 is 0 Å². The van der Waals surface area contributed by atoms with E-state index in [4.69, 9.17) is 19.9 Å². The van der Waals surface area contributed by atoms with E-state index in [0.717, 1.165) is 29.4 Å². The zero-order valence-electron chi connectivity index (χ0n) is 25.1. The molecule has 4 saturated carbocycles. The van der Waals surface area contributed by atoms with Gasteiger partial charge in [0.05, 0.1) is 16.1 Å². The molecule has 0 aliphatic heterocycles. The molecular weight excluding hydrogens is 559 g/mol. The summed E-state index contributed by atoms with van der Waals surface area (Å²) in [6.07, 6.45) is 15.6. The van der Waals surface area contributed by atoms with Gasteiger partial charge in [0.15, 0.2) is 0 Å². The predicted octanol–water partition coefficient (Wildman–Crippen LogP) is 6.09. The number of hydrogen-bond donors (Lipinski definition) is 0. The van der Waals surface area contributed by atoms with Crippen molar-refractivity contribution in [1.29, 1.82) is 0 Å². The Balaban J connectivity index is 1.73. The Morgan fingerprint density at radius 2 is 1.25 bits per heavy atom. The molecule has 4 nitrogen and oxygen atoms in total. The minimum absolute atomic E-state index is 0.184. The van der Waals surface area contributed by atoms with Crippen LogP contribution in [0.4, 0.5) is 0 Å². The average molecular weight is 605 g/mol. The summed E-state index contributed by atoms with van der Waals surface area (Å²) in [7, 11) is 3.03. The minimum atomic E-state index is -1.70. The van der Waals surface area contributed by atoms with E-state index in [1.165, 1.54) is 43.8 Å². The molecule has 4 aliphatic carbocycles. The van der Waals surface area contributed by atoms with Gasteiger partial charge in [-0.2, -0.15) is 0 Å². The quantitative estimate of drug-likeness (QED) is 0.242. The summed E-state index contributed by atoms with van der Waals surface area (Å²) >= 11 is 0. The zero-order chi connectivity index (χ0) is 28.5. The van der Waals surface area contributed by atoms with E-state index in [1.807, 2.05) is 36.9 Å². The van der Waals surface area contributed by atoms with Crippen LogP contribution in [0.1, 0.15) is 54.9 Å². The summed E-state index contributed by atoms with van der Waals surface area (Å²) < 4.78 is 0. The van der Waals surface area contributed by atoms with Crippen LogP contribution in [0.2, 0.25) is 39.3 Å². The predicted molar refractivity (Wildman–Crippen MR) is 179 cm³/mol. The maximum atomic E-state index is 4.90. The molecule has 5 atom stereocenters. The summed E-state index contributed by atoms with van der Waals surface area (Å²) in [5.41, 5.74) is 3.08. The molecule has 8 heteroatoms. The van der Waals surface area contributed by atoms with Gasteiger partial charge >= 0.3 is 0 Å². The Bertz CT molecular complexity index is 1330. The summed E-state index contributed by atoms with van der Waals surface area (Å²) in [5.74, 6) is 4.76. The van der Waals surface area contributed by atoms with E-state index in [-0.39, 0.29) is 5.41 Å². The van der Waals surface area contributed by atoms with Gasteiger partial charge in [0.25, 0.3) is 0 Å². The van der Waals surface area contributed by atoms with Crippen LogP contribution >= 0.6 is 18.5 Å². The van der Waals surface area contributed by atoms with Gasteiger partial charge in [0.1, 0.15) is 16.8 Å². The van der Waals surface area contributed by atoms with Crippen LogP contribution in [-0.4, -0.2) is 42.2 Å². The molecule has 4 bridgehead atoms.